The van der Waals surface area contributed by atoms with Crippen molar-refractivity contribution in [1.29, 1.82) is 0 Å². The van der Waals surface area contributed by atoms with Crippen LogP contribution in [0.2, 0.25) is 0 Å². The van der Waals surface area contributed by atoms with Crippen molar-refractivity contribution in [3.63, 3.8) is 0 Å². The number of rotatable bonds is 24. The van der Waals surface area contributed by atoms with Crippen molar-refractivity contribution in [3.8, 4) is 0 Å². The summed E-state index contributed by atoms with van der Waals surface area (Å²) < 4.78 is 180. The lowest BCUT2D eigenvalue weighted by Gasteiger charge is -2.59. The highest BCUT2D eigenvalue weighted by Crippen LogP contribution is 2.61. The molecule has 12 bridgehead atoms. The Kier molecular flexibility index (Phi) is 21.6. The third-order valence-corrected chi connectivity index (χ3v) is 20.6. The molecule has 3 aliphatic carbocycles. The number of benzene rings is 4. The molecule has 33 nitrogen and oxygen atoms in total. The lowest BCUT2D eigenvalue weighted by Crippen LogP contribution is -2.76. The van der Waals surface area contributed by atoms with Gasteiger partial charge < -0.3 is 110 Å². The molecule has 0 aromatic heterocycles. The van der Waals surface area contributed by atoms with Crippen LogP contribution in [0.5, 0.6) is 0 Å². The Bertz CT molecular complexity index is 3100. The fourth-order valence-electron chi connectivity index (χ4n) is 11.3. The Morgan fingerprint density at radius 2 is 0.571 bits per heavy atom. The third-order valence-electron chi connectivity index (χ3n) is 15.1. The van der Waals surface area contributed by atoms with Gasteiger partial charge in [0.1, 0.15) is 117 Å². The molecular weight excluding hydrogens is 1340 g/mol. The Morgan fingerprint density at radius 1 is 0.341 bits per heavy atom. The van der Waals surface area contributed by atoms with Crippen molar-refractivity contribution < 1.29 is 155 Å². The molecule has 0 amide bonds. The topological polar surface area (TPSA) is 448 Å². The zero-order valence-electron chi connectivity index (χ0n) is 47.9. The minimum Gasteiger partial charge on any atom is -0.779 e. The van der Waals surface area contributed by atoms with Crippen LogP contribution in [0.25, 0.3) is 0 Å². The van der Waals surface area contributed by atoms with Crippen LogP contribution in [-0.2, 0) is 142 Å². The first kappa shape index (κ1) is 69.5. The van der Waals surface area contributed by atoms with Gasteiger partial charge in [0.15, 0.2) is 0 Å². The van der Waals surface area contributed by atoms with E-state index in [1.807, 2.05) is 121 Å². The van der Waals surface area contributed by atoms with Gasteiger partial charge in [0.25, 0.3) is 35.1 Å². The average Bonchev–Trinajstić information content (AvgIpc) is 0.735. The fourth-order valence-corrected chi connectivity index (χ4v) is 16.6. The number of phosphoric ester groups is 3. The van der Waals surface area contributed by atoms with Gasteiger partial charge in [0, 0.05) is 20.0 Å². The number of aliphatic hydroxyl groups is 3. The van der Waals surface area contributed by atoms with Crippen LogP contribution in [0.15, 0.2) is 121 Å². The summed E-state index contributed by atoms with van der Waals surface area (Å²) in [6.45, 7) is -0.323. The van der Waals surface area contributed by atoms with Crippen LogP contribution in [-0.4, -0.2) is 174 Å². The molecule has 13 unspecified atom stereocenters. The normalized spacial score (nSPS) is 38.0. The van der Waals surface area contributed by atoms with Gasteiger partial charge in [-0.05, 0) is 22.3 Å². The van der Waals surface area contributed by atoms with Crippen molar-refractivity contribution in [3.05, 3.63) is 144 Å². The summed E-state index contributed by atoms with van der Waals surface area (Å²) in [4.78, 5) is 51.4. The number of hydrogen-bond acceptors (Lipinski definition) is 31. The average molecular weight is 1400 g/mol. The molecule has 9 saturated heterocycles. The van der Waals surface area contributed by atoms with Gasteiger partial charge in [-0.25, -0.2) is 4.57 Å². The standard InChI is InChI=1S/C37H41O13P3.C8H15O14P3.C7H10O6/c1-51(38,41-23-27-15-7-3-8-16-27)48-34-31-35(49-52(2,39)42-24-28-17-9-4-10-18-28)33-36(32(34)46-37(45-31)47-33)50-53(40,43-25-29-19-11-5-12-20-29)44-26-30-21-13-6-14-22-30;1-23(9,10)20-5-2-6(21-24(11,12)13)4-7(22-25(14,15)16)3(5)18-8(17-2)19-4;8-1-4-2(9)6-3(10)5(1)12-7(11-4)13-6/h3-22,31-37H,23-26H2,1-2H3;2-8H,1H3,(H,9,10)(H2,11,12,13)(H2,14,15,16);1-10H/p-3. The lowest BCUT2D eigenvalue weighted by atomic mass is 9.83. The molecule has 3 saturated carbocycles. The van der Waals surface area contributed by atoms with Crippen LogP contribution in [0.4, 0.5) is 0 Å². The molecule has 0 radical (unpaired) electrons. The quantitative estimate of drug-likeness (QED) is 0.0629. The molecule has 12 fully saturated rings. The number of ether oxygens (including phenoxy) is 9. The summed E-state index contributed by atoms with van der Waals surface area (Å²) in [5, 5.41) is 28.6. The molecule has 4 aromatic rings. The maximum absolute atomic E-state index is 14.6. The summed E-state index contributed by atoms with van der Waals surface area (Å²) >= 11 is 0. The SMILES string of the molecule is CP(=O)(OCc1ccccc1)OC1C2OC3OC1C(OP(=O)(OCc1ccccc1)OCc1ccccc1)C(O3)C2OP(C)(=O)OCc1ccccc1.CP(=O)([O-])OC1C2OC3OC1C(OP(=O)([O-])O)C(O3)C2OP(=O)([O-])O.OC1C2OC3OC1C(O)C(O3)C2O. The van der Waals surface area contributed by atoms with Crippen LogP contribution in [0.1, 0.15) is 22.3 Å². The van der Waals surface area contributed by atoms with E-state index in [0.717, 1.165) is 22.3 Å². The molecule has 91 heavy (non-hydrogen) atoms. The molecule has 16 rings (SSSR count). The minimum absolute atomic E-state index is 0.0000540. The Labute approximate surface area is 518 Å². The highest BCUT2D eigenvalue weighted by atomic mass is 31.2. The van der Waals surface area contributed by atoms with E-state index in [4.69, 9.17) is 88.6 Å². The zero-order valence-corrected chi connectivity index (χ0v) is 53.2. The second kappa shape index (κ2) is 28.3. The van der Waals surface area contributed by atoms with Gasteiger partial charge >= 0.3 is 23.0 Å². The van der Waals surface area contributed by atoms with Crippen molar-refractivity contribution >= 4 is 46.3 Å². The Hall–Kier alpha value is -2.82. The Morgan fingerprint density at radius 3 is 0.835 bits per heavy atom. The van der Waals surface area contributed by atoms with Crippen molar-refractivity contribution in [2.75, 3.05) is 20.0 Å². The van der Waals surface area contributed by atoms with Crippen molar-refractivity contribution in [2.24, 2.45) is 0 Å². The molecule has 502 valence electrons. The molecule has 5 N–H and O–H groups in total. The van der Waals surface area contributed by atoms with E-state index < -0.39 is 176 Å². The first-order valence-corrected chi connectivity index (χ1v) is 38.3. The molecule has 13 atom stereocenters. The zero-order chi connectivity index (χ0) is 64.8. The predicted molar refractivity (Wildman–Crippen MR) is 295 cm³/mol. The summed E-state index contributed by atoms with van der Waals surface area (Å²) in [6.07, 6.45) is -21.3. The smallest absolute Gasteiger partial charge is 0.475 e. The maximum atomic E-state index is 14.6. The summed E-state index contributed by atoms with van der Waals surface area (Å²) in [5.74, 6) is 0. The highest BCUT2D eigenvalue weighted by Gasteiger charge is 2.68. The van der Waals surface area contributed by atoms with E-state index in [1.165, 1.54) is 13.3 Å². The summed E-state index contributed by atoms with van der Waals surface area (Å²) in [5.41, 5.74) is 3.00. The van der Waals surface area contributed by atoms with E-state index in [9.17, 15) is 57.4 Å². The van der Waals surface area contributed by atoms with E-state index in [0.29, 0.717) is 6.66 Å². The molecule has 4 aromatic carbocycles. The van der Waals surface area contributed by atoms with Crippen molar-refractivity contribution in [1.82, 2.24) is 0 Å². The summed E-state index contributed by atoms with van der Waals surface area (Å²) in [6, 6.07) is 36.6. The van der Waals surface area contributed by atoms with Gasteiger partial charge in [0.05, 0.1) is 26.4 Å². The monoisotopic (exact) mass is 1400 g/mol. The maximum Gasteiger partial charge on any atom is 0.475 e. The van der Waals surface area contributed by atoms with Gasteiger partial charge in [-0.15, -0.1) is 0 Å². The minimum atomic E-state index is -5.37. The van der Waals surface area contributed by atoms with Gasteiger partial charge in [-0.1, -0.05) is 121 Å². The molecule has 39 heteroatoms. The van der Waals surface area contributed by atoms with Gasteiger partial charge in [0.2, 0.25) is 0 Å². The molecular formula is C52H63O33P6-3. The molecule has 9 heterocycles. The van der Waals surface area contributed by atoms with Crippen LogP contribution >= 0.6 is 46.3 Å². The first-order valence-electron chi connectivity index (χ1n) is 27.9. The van der Waals surface area contributed by atoms with Crippen LogP contribution < -0.4 is 14.7 Å². The largest absolute Gasteiger partial charge is 0.779 e. The first-order chi connectivity index (χ1) is 43.0. The van der Waals surface area contributed by atoms with Crippen molar-refractivity contribution in [2.45, 2.75) is 156 Å². The lowest BCUT2D eigenvalue weighted by molar-refractivity contribution is -0.481. The number of hydrogen-bond donors (Lipinski definition) is 5. The predicted octanol–water partition coefficient (Wildman–Crippen LogP) is 2.52. The molecule has 9 aliphatic heterocycles. The second-order valence-corrected chi connectivity index (χ2v) is 31.6. The summed E-state index contributed by atoms with van der Waals surface area (Å²) in [7, 11) is -27.3. The highest BCUT2D eigenvalue weighted by molar-refractivity contribution is 7.53. The number of aliphatic hydroxyl groups excluding tert-OH is 3. The second-order valence-electron chi connectivity index (χ2n) is 21.9. The molecule has 12 aliphatic rings. The third kappa shape index (κ3) is 17.3. The van der Waals surface area contributed by atoms with Crippen LogP contribution in [0, 0.1) is 0 Å². The Balaban J connectivity index is 0.000000181. The van der Waals surface area contributed by atoms with Gasteiger partial charge in [-0.2, -0.15) is 0 Å². The number of phosphoric acid groups is 3. The fraction of sp³-hybridized carbons (Fsp3) is 0.538. The van der Waals surface area contributed by atoms with E-state index >= 15 is 0 Å². The van der Waals surface area contributed by atoms with Crippen LogP contribution in [0.3, 0.4) is 0 Å². The van der Waals surface area contributed by atoms with E-state index in [-0.39, 0.29) is 26.4 Å². The van der Waals surface area contributed by atoms with Gasteiger partial charge in [-0.3, -0.25) is 40.9 Å². The van der Waals surface area contributed by atoms with E-state index in [1.54, 1.807) is 0 Å². The van der Waals surface area contributed by atoms with E-state index in [2.05, 4.69) is 9.05 Å². The molecule has 0 spiro atoms.